The van der Waals surface area contributed by atoms with Crippen LogP contribution in [0.25, 0.3) is 5.69 Å². The summed E-state index contributed by atoms with van der Waals surface area (Å²) in [6.45, 7) is 1.88. The molecule has 1 atom stereocenters. The summed E-state index contributed by atoms with van der Waals surface area (Å²) < 4.78 is 1.66. The molecule has 2 N–H and O–H groups in total. The van der Waals surface area contributed by atoms with E-state index in [1.54, 1.807) is 10.9 Å². The van der Waals surface area contributed by atoms with Crippen molar-refractivity contribution in [2.24, 2.45) is 5.73 Å². The van der Waals surface area contributed by atoms with Crippen molar-refractivity contribution in [1.82, 2.24) is 15.0 Å². The second-order valence-electron chi connectivity index (χ2n) is 3.31. The Balaban J connectivity index is 2.55. The number of aromatic nitrogens is 3. The molecule has 1 aromatic carbocycles. The smallest absolute Gasteiger partial charge is 0.0853 e. The number of nitrogens with two attached hydrogens (primary N) is 1. The summed E-state index contributed by atoms with van der Waals surface area (Å²) in [7, 11) is 0. The van der Waals surface area contributed by atoms with Crippen LogP contribution in [0.1, 0.15) is 18.7 Å². The van der Waals surface area contributed by atoms with E-state index in [-0.39, 0.29) is 6.04 Å². The minimum atomic E-state index is -0.128. The lowest BCUT2D eigenvalue weighted by Crippen LogP contribution is -2.12. The third kappa shape index (κ3) is 1.86. The van der Waals surface area contributed by atoms with E-state index < -0.39 is 0 Å². The Hall–Kier alpha value is -1.39. The molecule has 78 valence electrons. The second kappa shape index (κ2) is 4.00. The first-order chi connectivity index (χ1) is 7.20. The van der Waals surface area contributed by atoms with Crippen molar-refractivity contribution in [3.8, 4) is 5.69 Å². The van der Waals surface area contributed by atoms with Crippen LogP contribution in [-0.4, -0.2) is 15.0 Å². The van der Waals surface area contributed by atoms with Gasteiger partial charge in [0, 0.05) is 6.04 Å². The molecule has 15 heavy (non-hydrogen) atoms. The van der Waals surface area contributed by atoms with Crippen LogP contribution in [-0.2, 0) is 0 Å². The lowest BCUT2D eigenvalue weighted by Gasteiger charge is -2.09. The Morgan fingerprint density at radius 2 is 2.13 bits per heavy atom. The molecule has 0 aliphatic rings. The molecule has 0 amide bonds. The van der Waals surface area contributed by atoms with Crippen molar-refractivity contribution in [3.63, 3.8) is 0 Å². The monoisotopic (exact) mass is 222 g/mol. The zero-order chi connectivity index (χ0) is 10.8. The highest BCUT2D eigenvalue weighted by molar-refractivity contribution is 6.32. The number of benzene rings is 1. The zero-order valence-electron chi connectivity index (χ0n) is 8.26. The van der Waals surface area contributed by atoms with Crippen molar-refractivity contribution in [2.45, 2.75) is 13.0 Å². The maximum atomic E-state index is 6.06. The molecular formula is C10H11ClN4. The van der Waals surface area contributed by atoms with Gasteiger partial charge in [-0.25, -0.2) is 4.68 Å². The highest BCUT2D eigenvalue weighted by Gasteiger charge is 2.11. The number of para-hydroxylation sites is 1. The van der Waals surface area contributed by atoms with Crippen LogP contribution < -0.4 is 5.73 Å². The molecule has 4 nitrogen and oxygen atoms in total. The van der Waals surface area contributed by atoms with Crippen LogP contribution in [0.5, 0.6) is 0 Å². The van der Waals surface area contributed by atoms with E-state index in [9.17, 15) is 0 Å². The summed E-state index contributed by atoms with van der Waals surface area (Å²) in [6.07, 6.45) is 1.65. The molecular weight excluding hydrogens is 212 g/mol. The molecule has 0 aliphatic heterocycles. The molecule has 0 fully saturated rings. The number of hydrogen-bond donors (Lipinski definition) is 1. The van der Waals surface area contributed by atoms with Gasteiger partial charge in [0.1, 0.15) is 0 Å². The molecule has 0 bridgehead atoms. The number of rotatable bonds is 2. The van der Waals surface area contributed by atoms with Crippen LogP contribution in [0.2, 0.25) is 5.02 Å². The van der Waals surface area contributed by atoms with Crippen molar-refractivity contribution in [2.75, 3.05) is 0 Å². The van der Waals surface area contributed by atoms with E-state index >= 15 is 0 Å². The van der Waals surface area contributed by atoms with E-state index in [2.05, 4.69) is 10.3 Å². The predicted octanol–water partition coefficient (Wildman–Crippen LogP) is 1.94. The SMILES string of the molecule is CC(N)c1cnnn1-c1ccccc1Cl. The summed E-state index contributed by atoms with van der Waals surface area (Å²) in [4.78, 5) is 0. The van der Waals surface area contributed by atoms with Crippen LogP contribution in [0.3, 0.4) is 0 Å². The quantitative estimate of drug-likeness (QED) is 0.845. The first-order valence-electron chi connectivity index (χ1n) is 4.61. The fraction of sp³-hybridized carbons (Fsp3) is 0.200. The summed E-state index contributed by atoms with van der Waals surface area (Å²) in [6, 6.07) is 7.32. The van der Waals surface area contributed by atoms with E-state index in [0.29, 0.717) is 5.02 Å². The Kier molecular flexibility index (Phi) is 2.70. The average molecular weight is 223 g/mol. The van der Waals surface area contributed by atoms with Gasteiger partial charge < -0.3 is 5.73 Å². The van der Waals surface area contributed by atoms with Gasteiger partial charge in [-0.1, -0.05) is 28.9 Å². The van der Waals surface area contributed by atoms with Crippen molar-refractivity contribution in [3.05, 3.63) is 41.2 Å². The van der Waals surface area contributed by atoms with Gasteiger partial charge in [-0.05, 0) is 19.1 Å². The molecule has 1 heterocycles. The van der Waals surface area contributed by atoms with Gasteiger partial charge in [0.05, 0.1) is 22.6 Å². The normalized spacial score (nSPS) is 12.7. The first-order valence-corrected chi connectivity index (χ1v) is 4.99. The van der Waals surface area contributed by atoms with E-state index in [0.717, 1.165) is 11.4 Å². The Morgan fingerprint density at radius 1 is 1.40 bits per heavy atom. The van der Waals surface area contributed by atoms with E-state index in [1.165, 1.54) is 0 Å². The maximum absolute atomic E-state index is 6.06. The molecule has 1 unspecified atom stereocenters. The van der Waals surface area contributed by atoms with Crippen LogP contribution in [0.15, 0.2) is 30.5 Å². The van der Waals surface area contributed by atoms with Gasteiger partial charge >= 0.3 is 0 Å². The highest BCUT2D eigenvalue weighted by Crippen LogP contribution is 2.21. The van der Waals surface area contributed by atoms with Gasteiger partial charge in [0.25, 0.3) is 0 Å². The van der Waals surface area contributed by atoms with Gasteiger partial charge in [-0.2, -0.15) is 0 Å². The molecule has 0 aliphatic carbocycles. The topological polar surface area (TPSA) is 56.7 Å². The molecule has 0 saturated heterocycles. The highest BCUT2D eigenvalue weighted by atomic mass is 35.5. The molecule has 2 rings (SSSR count). The minimum Gasteiger partial charge on any atom is -0.323 e. The van der Waals surface area contributed by atoms with Crippen LogP contribution in [0.4, 0.5) is 0 Å². The number of nitrogens with zero attached hydrogens (tertiary/aromatic N) is 3. The standard InChI is InChI=1S/C10H11ClN4/c1-7(12)10-6-13-14-15(10)9-5-3-2-4-8(9)11/h2-7H,12H2,1H3. The second-order valence-corrected chi connectivity index (χ2v) is 3.72. The lowest BCUT2D eigenvalue weighted by molar-refractivity contribution is 0.697. The van der Waals surface area contributed by atoms with Crippen LogP contribution >= 0.6 is 11.6 Å². The van der Waals surface area contributed by atoms with Crippen LogP contribution in [0, 0.1) is 0 Å². The average Bonchev–Trinajstić information content (AvgIpc) is 2.67. The summed E-state index contributed by atoms with van der Waals surface area (Å²) in [5.74, 6) is 0. The third-order valence-electron chi connectivity index (χ3n) is 2.12. The maximum Gasteiger partial charge on any atom is 0.0853 e. The van der Waals surface area contributed by atoms with Gasteiger partial charge in [-0.3, -0.25) is 0 Å². The predicted molar refractivity (Wildman–Crippen MR) is 59.0 cm³/mol. The minimum absolute atomic E-state index is 0.128. The Bertz CT molecular complexity index is 464. The molecule has 0 radical (unpaired) electrons. The fourth-order valence-electron chi connectivity index (χ4n) is 1.36. The largest absolute Gasteiger partial charge is 0.323 e. The van der Waals surface area contributed by atoms with Crippen molar-refractivity contribution < 1.29 is 0 Å². The van der Waals surface area contributed by atoms with Crippen molar-refractivity contribution >= 4 is 11.6 Å². The summed E-state index contributed by atoms with van der Waals surface area (Å²) in [5, 5.41) is 8.44. The third-order valence-corrected chi connectivity index (χ3v) is 2.44. The molecule has 0 saturated carbocycles. The summed E-state index contributed by atoms with van der Waals surface area (Å²) >= 11 is 6.06. The van der Waals surface area contributed by atoms with E-state index in [1.807, 2.05) is 31.2 Å². The summed E-state index contributed by atoms with van der Waals surface area (Å²) in [5.41, 5.74) is 7.43. The molecule has 2 aromatic rings. The fourth-order valence-corrected chi connectivity index (χ4v) is 1.58. The lowest BCUT2D eigenvalue weighted by atomic mass is 10.2. The van der Waals surface area contributed by atoms with Gasteiger partial charge in [-0.15, -0.1) is 5.10 Å². The van der Waals surface area contributed by atoms with Crippen molar-refractivity contribution in [1.29, 1.82) is 0 Å². The van der Waals surface area contributed by atoms with E-state index in [4.69, 9.17) is 17.3 Å². The first kappa shape index (κ1) is 10.1. The molecule has 5 heteroatoms. The molecule has 0 spiro atoms. The van der Waals surface area contributed by atoms with Gasteiger partial charge in [0.2, 0.25) is 0 Å². The van der Waals surface area contributed by atoms with Gasteiger partial charge in [0.15, 0.2) is 0 Å². The number of hydrogen-bond acceptors (Lipinski definition) is 3. The number of halogens is 1. The zero-order valence-corrected chi connectivity index (χ0v) is 9.02. The Labute approximate surface area is 92.7 Å². The Morgan fingerprint density at radius 3 is 2.80 bits per heavy atom. The molecule has 1 aromatic heterocycles.